The van der Waals surface area contributed by atoms with Crippen LogP contribution in [0.5, 0.6) is 0 Å². The van der Waals surface area contributed by atoms with Gasteiger partial charge in [0, 0.05) is 6.42 Å². The van der Waals surface area contributed by atoms with Gasteiger partial charge in [0.2, 0.25) is 0 Å². The molecule has 0 saturated carbocycles. The molecule has 0 unspecified atom stereocenters. The lowest BCUT2D eigenvalue weighted by Gasteiger charge is -1.97. The van der Waals surface area contributed by atoms with Crippen LogP contribution in [0.15, 0.2) is 0 Å². The monoisotopic (exact) mass is 212 g/mol. The van der Waals surface area contributed by atoms with Crippen molar-refractivity contribution in [1.29, 1.82) is 0 Å². The molecule has 0 aromatic rings. The molecular weight excluding hydrogens is 196 g/mol. The number of carbonyl (C=O) groups excluding carboxylic acids is 1. The Kier molecular flexibility index (Phi) is 8.16. The number of carboxylic acids is 1. The van der Waals surface area contributed by atoms with Gasteiger partial charge in [0.15, 0.2) is 6.61 Å². The third-order valence-corrected chi connectivity index (χ3v) is 1.63. The molecule has 0 bridgehead atoms. The van der Waals surface area contributed by atoms with Crippen LogP contribution in [0.1, 0.15) is 39.0 Å². The molecule has 0 rings (SSSR count). The van der Waals surface area contributed by atoms with E-state index in [-0.39, 0.29) is 19.4 Å². The van der Waals surface area contributed by atoms with E-state index >= 15 is 0 Å². The fourth-order valence-corrected chi connectivity index (χ4v) is 0.802. The number of carboxylic acid groups (broad SMARTS) is 1. The number of ether oxygens (including phenoxy) is 1. The van der Waals surface area contributed by atoms with Gasteiger partial charge in [0.1, 0.15) is 0 Å². The zero-order valence-corrected chi connectivity index (χ0v) is 8.91. The van der Waals surface area contributed by atoms with Crippen LogP contribution in [0.3, 0.4) is 0 Å². The summed E-state index contributed by atoms with van der Waals surface area (Å²) in [7, 11) is 0. The molecule has 0 spiro atoms. The standard InChI is InChI=1S/C11H16O4/c1-2-3-4-5-6-9-15-11(14)8-7-10(12)13/h2-4,7-9H2,1H3,(H,12,13). The molecule has 0 aliphatic heterocycles. The minimum absolute atomic E-state index is 0.0577. The fourth-order valence-electron chi connectivity index (χ4n) is 0.802. The third kappa shape index (κ3) is 10.4. The molecule has 0 aromatic carbocycles. The number of carbonyl (C=O) groups is 2. The summed E-state index contributed by atoms with van der Waals surface area (Å²) < 4.78 is 4.70. The van der Waals surface area contributed by atoms with Crippen LogP contribution < -0.4 is 0 Å². The zero-order chi connectivity index (χ0) is 11.5. The molecular formula is C11H16O4. The lowest BCUT2D eigenvalue weighted by Crippen LogP contribution is -2.07. The van der Waals surface area contributed by atoms with E-state index in [2.05, 4.69) is 18.8 Å². The SMILES string of the molecule is CCCCC#CCOC(=O)CCC(=O)O. The molecule has 0 aromatic heterocycles. The second kappa shape index (κ2) is 9.07. The van der Waals surface area contributed by atoms with Crippen molar-refractivity contribution in [2.24, 2.45) is 0 Å². The highest BCUT2D eigenvalue weighted by Crippen LogP contribution is 1.93. The molecule has 0 atom stereocenters. The van der Waals surface area contributed by atoms with E-state index in [4.69, 9.17) is 9.84 Å². The van der Waals surface area contributed by atoms with Gasteiger partial charge in [0.25, 0.3) is 0 Å². The number of rotatable bonds is 6. The topological polar surface area (TPSA) is 63.6 Å². The summed E-state index contributed by atoms with van der Waals surface area (Å²) in [6, 6.07) is 0. The highest BCUT2D eigenvalue weighted by molar-refractivity contribution is 5.76. The first-order valence-electron chi connectivity index (χ1n) is 5.00. The summed E-state index contributed by atoms with van der Waals surface area (Å²) in [4.78, 5) is 21.0. The van der Waals surface area contributed by atoms with Gasteiger partial charge in [-0.2, -0.15) is 0 Å². The minimum Gasteiger partial charge on any atom is -0.481 e. The lowest BCUT2D eigenvalue weighted by molar-refractivity contribution is -0.146. The molecule has 0 aliphatic carbocycles. The second-order valence-electron chi connectivity index (χ2n) is 3.01. The van der Waals surface area contributed by atoms with Crippen molar-refractivity contribution < 1.29 is 19.4 Å². The maximum absolute atomic E-state index is 10.9. The summed E-state index contributed by atoms with van der Waals surface area (Å²) in [5.41, 5.74) is 0. The van der Waals surface area contributed by atoms with Crippen molar-refractivity contribution >= 4 is 11.9 Å². The second-order valence-corrected chi connectivity index (χ2v) is 3.01. The quantitative estimate of drug-likeness (QED) is 0.412. The lowest BCUT2D eigenvalue weighted by atomic mass is 10.2. The number of hydrogen-bond donors (Lipinski definition) is 1. The highest BCUT2D eigenvalue weighted by Gasteiger charge is 2.04. The normalized spacial score (nSPS) is 8.87. The number of esters is 1. The van der Waals surface area contributed by atoms with Gasteiger partial charge in [-0.15, -0.1) is 0 Å². The maximum atomic E-state index is 10.9. The van der Waals surface area contributed by atoms with Crippen LogP contribution >= 0.6 is 0 Å². The summed E-state index contributed by atoms with van der Waals surface area (Å²) >= 11 is 0. The molecule has 0 aliphatic rings. The predicted molar refractivity (Wildman–Crippen MR) is 55.1 cm³/mol. The first kappa shape index (κ1) is 13.5. The van der Waals surface area contributed by atoms with E-state index in [1.165, 1.54) is 0 Å². The number of unbranched alkanes of at least 4 members (excludes halogenated alkanes) is 2. The van der Waals surface area contributed by atoms with Crippen LogP contribution in [0.25, 0.3) is 0 Å². The Morgan fingerprint density at radius 1 is 1.27 bits per heavy atom. The molecule has 84 valence electrons. The fraction of sp³-hybridized carbons (Fsp3) is 0.636. The maximum Gasteiger partial charge on any atom is 0.307 e. The van der Waals surface area contributed by atoms with E-state index in [1.54, 1.807) is 0 Å². The summed E-state index contributed by atoms with van der Waals surface area (Å²) in [6.07, 6.45) is 2.66. The summed E-state index contributed by atoms with van der Waals surface area (Å²) in [5.74, 6) is 4.05. The number of aliphatic carboxylic acids is 1. The predicted octanol–water partition coefficient (Wildman–Crippen LogP) is 1.59. The average molecular weight is 212 g/mol. The first-order valence-corrected chi connectivity index (χ1v) is 5.00. The Bertz CT molecular complexity index is 259. The van der Waals surface area contributed by atoms with Crippen LogP contribution in [-0.2, 0) is 14.3 Å². The van der Waals surface area contributed by atoms with Crippen molar-refractivity contribution in [3.8, 4) is 11.8 Å². The van der Waals surface area contributed by atoms with Crippen molar-refractivity contribution in [1.82, 2.24) is 0 Å². The van der Waals surface area contributed by atoms with Gasteiger partial charge in [-0.3, -0.25) is 9.59 Å². The van der Waals surface area contributed by atoms with E-state index in [9.17, 15) is 9.59 Å². The molecule has 0 amide bonds. The van der Waals surface area contributed by atoms with E-state index < -0.39 is 11.9 Å². The highest BCUT2D eigenvalue weighted by atomic mass is 16.5. The van der Waals surface area contributed by atoms with E-state index in [1.807, 2.05) is 0 Å². The van der Waals surface area contributed by atoms with Crippen LogP contribution in [-0.4, -0.2) is 23.7 Å². The molecule has 0 saturated heterocycles. The van der Waals surface area contributed by atoms with Gasteiger partial charge in [-0.1, -0.05) is 25.2 Å². The van der Waals surface area contributed by atoms with Crippen LogP contribution in [0.4, 0.5) is 0 Å². The largest absolute Gasteiger partial charge is 0.481 e. The van der Waals surface area contributed by atoms with E-state index in [0.29, 0.717) is 0 Å². The van der Waals surface area contributed by atoms with Gasteiger partial charge in [0.05, 0.1) is 12.8 Å². The Labute approximate surface area is 89.6 Å². The van der Waals surface area contributed by atoms with E-state index in [0.717, 1.165) is 19.3 Å². The zero-order valence-electron chi connectivity index (χ0n) is 8.91. The Balaban J connectivity index is 3.44. The molecule has 15 heavy (non-hydrogen) atoms. The van der Waals surface area contributed by atoms with Crippen molar-refractivity contribution in [3.63, 3.8) is 0 Å². The number of hydrogen-bond acceptors (Lipinski definition) is 3. The Morgan fingerprint density at radius 3 is 2.60 bits per heavy atom. The minimum atomic E-state index is -0.999. The van der Waals surface area contributed by atoms with Crippen molar-refractivity contribution in [2.45, 2.75) is 39.0 Å². The van der Waals surface area contributed by atoms with Gasteiger partial charge in [-0.05, 0) is 6.42 Å². The molecule has 1 N–H and O–H groups in total. The van der Waals surface area contributed by atoms with Gasteiger partial charge in [-0.25, -0.2) is 0 Å². The Hall–Kier alpha value is -1.50. The summed E-state index contributed by atoms with van der Waals surface area (Å²) in [6.45, 7) is 2.13. The third-order valence-electron chi connectivity index (χ3n) is 1.63. The molecule has 0 heterocycles. The summed E-state index contributed by atoms with van der Waals surface area (Å²) in [5, 5.41) is 8.30. The van der Waals surface area contributed by atoms with Gasteiger partial charge >= 0.3 is 11.9 Å². The first-order chi connectivity index (χ1) is 7.16. The van der Waals surface area contributed by atoms with Crippen molar-refractivity contribution in [3.05, 3.63) is 0 Å². The van der Waals surface area contributed by atoms with Crippen molar-refractivity contribution in [2.75, 3.05) is 6.61 Å². The Morgan fingerprint density at radius 2 is 2.00 bits per heavy atom. The molecule has 4 heteroatoms. The molecule has 4 nitrogen and oxygen atoms in total. The van der Waals surface area contributed by atoms with Gasteiger partial charge < -0.3 is 9.84 Å². The molecule has 0 fully saturated rings. The average Bonchev–Trinajstić information content (AvgIpc) is 2.20. The van der Waals surface area contributed by atoms with Crippen LogP contribution in [0, 0.1) is 11.8 Å². The smallest absolute Gasteiger partial charge is 0.307 e. The van der Waals surface area contributed by atoms with Crippen LogP contribution in [0.2, 0.25) is 0 Å². The molecule has 0 radical (unpaired) electrons.